The number of fused-ring (bicyclic) bond motifs is 1. The van der Waals surface area contributed by atoms with Gasteiger partial charge >= 0.3 is 0 Å². The zero-order valence-corrected chi connectivity index (χ0v) is 10.5. The van der Waals surface area contributed by atoms with Gasteiger partial charge in [0, 0.05) is 18.4 Å². The van der Waals surface area contributed by atoms with Gasteiger partial charge < -0.3 is 4.74 Å². The lowest BCUT2D eigenvalue weighted by atomic mass is 10.00. The van der Waals surface area contributed by atoms with E-state index in [9.17, 15) is 8.78 Å². The summed E-state index contributed by atoms with van der Waals surface area (Å²) in [5.74, 6) is -2.28. The molecule has 2 aromatic rings. The van der Waals surface area contributed by atoms with Crippen LogP contribution in [0.5, 0.6) is 5.75 Å². The average Bonchev–Trinajstić information content (AvgIpc) is 2.44. The lowest BCUT2D eigenvalue weighted by molar-refractivity contribution is -0.0118. The molecule has 0 atom stereocenters. The second-order valence-electron chi connectivity index (χ2n) is 4.29. The van der Waals surface area contributed by atoms with Crippen LogP contribution in [0.4, 0.5) is 8.78 Å². The zero-order chi connectivity index (χ0) is 13.9. The van der Waals surface area contributed by atoms with Crippen LogP contribution < -0.4 is 4.74 Å². The van der Waals surface area contributed by atoms with Crippen LogP contribution in [0.25, 0.3) is 10.8 Å². The molecule has 0 heterocycles. The Hall–Kier alpha value is -2.15. The standard InChI is InChI=1S/C15H13F2NO/c1-19-14-6-4-11-9-13(5-3-12(11)10-14)15(16,17)7-2-8-18/h3-6,9-10H,2,7H2,1H3. The fraction of sp³-hybridized carbons (Fsp3) is 0.267. The molecule has 0 fully saturated rings. The maximum absolute atomic E-state index is 13.8. The minimum absolute atomic E-state index is 0.0552. The lowest BCUT2D eigenvalue weighted by Gasteiger charge is -2.16. The van der Waals surface area contributed by atoms with Crippen LogP contribution in [-0.2, 0) is 5.92 Å². The van der Waals surface area contributed by atoms with Crippen molar-refractivity contribution in [3.05, 3.63) is 42.0 Å². The smallest absolute Gasteiger partial charge is 0.274 e. The predicted octanol–water partition coefficient (Wildman–Crippen LogP) is 4.24. The molecule has 19 heavy (non-hydrogen) atoms. The minimum atomic E-state index is -2.97. The van der Waals surface area contributed by atoms with E-state index >= 15 is 0 Å². The van der Waals surface area contributed by atoms with E-state index in [4.69, 9.17) is 10.00 Å². The number of alkyl halides is 2. The summed E-state index contributed by atoms with van der Waals surface area (Å²) in [6.45, 7) is 0. The number of nitriles is 1. The molecule has 0 saturated carbocycles. The fourth-order valence-corrected chi connectivity index (χ4v) is 1.94. The lowest BCUT2D eigenvalue weighted by Crippen LogP contribution is -2.12. The van der Waals surface area contributed by atoms with Crippen LogP contribution in [0, 0.1) is 11.3 Å². The Morgan fingerprint density at radius 2 is 1.84 bits per heavy atom. The molecule has 2 rings (SSSR count). The van der Waals surface area contributed by atoms with Crippen molar-refractivity contribution in [2.24, 2.45) is 0 Å². The highest BCUT2D eigenvalue weighted by atomic mass is 19.3. The van der Waals surface area contributed by atoms with Crippen molar-refractivity contribution in [1.82, 2.24) is 0 Å². The van der Waals surface area contributed by atoms with E-state index in [0.717, 1.165) is 10.8 Å². The summed E-state index contributed by atoms with van der Waals surface area (Å²) < 4.78 is 32.8. The number of benzene rings is 2. The van der Waals surface area contributed by atoms with Crippen molar-refractivity contribution in [3.8, 4) is 11.8 Å². The molecule has 0 N–H and O–H groups in total. The molecule has 0 unspecified atom stereocenters. The molecular formula is C15H13F2NO. The number of hydrogen-bond donors (Lipinski definition) is 0. The summed E-state index contributed by atoms with van der Waals surface area (Å²) in [4.78, 5) is 0. The van der Waals surface area contributed by atoms with Gasteiger partial charge in [0.25, 0.3) is 5.92 Å². The largest absolute Gasteiger partial charge is 0.497 e. The van der Waals surface area contributed by atoms with Gasteiger partial charge in [0.15, 0.2) is 0 Å². The van der Waals surface area contributed by atoms with Gasteiger partial charge in [-0.15, -0.1) is 0 Å². The SMILES string of the molecule is COc1ccc2cc(C(F)(F)CCC#N)ccc2c1. The maximum atomic E-state index is 13.8. The Kier molecular flexibility index (Phi) is 3.66. The van der Waals surface area contributed by atoms with E-state index in [1.165, 1.54) is 12.1 Å². The molecule has 0 radical (unpaired) electrons. The Morgan fingerprint density at radius 3 is 2.53 bits per heavy atom. The van der Waals surface area contributed by atoms with E-state index in [-0.39, 0.29) is 12.0 Å². The Bertz CT molecular complexity index is 632. The van der Waals surface area contributed by atoms with Gasteiger partial charge in [-0.1, -0.05) is 18.2 Å². The van der Waals surface area contributed by atoms with Crippen LogP contribution >= 0.6 is 0 Å². The van der Waals surface area contributed by atoms with Crippen LogP contribution in [-0.4, -0.2) is 7.11 Å². The van der Waals surface area contributed by atoms with Crippen molar-refractivity contribution in [2.75, 3.05) is 7.11 Å². The van der Waals surface area contributed by atoms with Gasteiger partial charge in [-0.05, 0) is 29.0 Å². The number of nitrogens with zero attached hydrogens (tertiary/aromatic N) is 1. The normalized spacial score (nSPS) is 11.3. The Balaban J connectivity index is 2.39. The first-order chi connectivity index (χ1) is 9.06. The van der Waals surface area contributed by atoms with Crippen LogP contribution in [0.1, 0.15) is 18.4 Å². The second-order valence-corrected chi connectivity index (χ2v) is 4.29. The molecular weight excluding hydrogens is 248 g/mol. The van der Waals surface area contributed by atoms with E-state index in [0.29, 0.717) is 5.75 Å². The monoisotopic (exact) mass is 261 g/mol. The predicted molar refractivity (Wildman–Crippen MR) is 69.2 cm³/mol. The van der Waals surface area contributed by atoms with Crippen molar-refractivity contribution in [1.29, 1.82) is 5.26 Å². The summed E-state index contributed by atoms with van der Waals surface area (Å²) in [5, 5.41) is 9.99. The van der Waals surface area contributed by atoms with Gasteiger partial charge in [-0.25, -0.2) is 8.78 Å². The van der Waals surface area contributed by atoms with Crippen molar-refractivity contribution in [2.45, 2.75) is 18.8 Å². The number of ether oxygens (including phenoxy) is 1. The first-order valence-corrected chi connectivity index (χ1v) is 5.90. The van der Waals surface area contributed by atoms with E-state index in [1.54, 1.807) is 37.4 Å². The van der Waals surface area contributed by atoms with Crippen molar-refractivity contribution >= 4 is 10.8 Å². The Labute approximate surface area is 110 Å². The van der Waals surface area contributed by atoms with Gasteiger partial charge in [-0.3, -0.25) is 0 Å². The molecule has 0 aliphatic heterocycles. The molecule has 0 amide bonds. The number of rotatable bonds is 4. The molecule has 2 nitrogen and oxygen atoms in total. The number of hydrogen-bond acceptors (Lipinski definition) is 2. The highest BCUT2D eigenvalue weighted by Crippen LogP contribution is 2.34. The molecule has 0 spiro atoms. The first kappa shape index (κ1) is 13.3. The van der Waals surface area contributed by atoms with Crippen molar-refractivity contribution in [3.63, 3.8) is 0 Å². The summed E-state index contributed by atoms with van der Waals surface area (Å²) in [5.41, 5.74) is -0.0552. The molecule has 98 valence electrons. The van der Waals surface area contributed by atoms with E-state index < -0.39 is 12.3 Å². The zero-order valence-electron chi connectivity index (χ0n) is 10.5. The quantitative estimate of drug-likeness (QED) is 0.824. The van der Waals surface area contributed by atoms with Gasteiger partial charge in [-0.2, -0.15) is 5.26 Å². The summed E-state index contributed by atoms with van der Waals surface area (Å²) >= 11 is 0. The first-order valence-electron chi connectivity index (χ1n) is 5.90. The average molecular weight is 261 g/mol. The molecule has 2 aromatic carbocycles. The molecule has 0 aliphatic carbocycles. The summed E-state index contributed by atoms with van der Waals surface area (Å²) in [7, 11) is 1.56. The maximum Gasteiger partial charge on any atom is 0.274 e. The van der Waals surface area contributed by atoms with Gasteiger partial charge in [0.05, 0.1) is 13.2 Å². The third-order valence-corrected chi connectivity index (χ3v) is 3.02. The third kappa shape index (κ3) is 2.82. The molecule has 0 bridgehead atoms. The topological polar surface area (TPSA) is 33.0 Å². The third-order valence-electron chi connectivity index (χ3n) is 3.02. The van der Waals surface area contributed by atoms with Crippen LogP contribution in [0.3, 0.4) is 0 Å². The van der Waals surface area contributed by atoms with Crippen LogP contribution in [0.15, 0.2) is 36.4 Å². The fourth-order valence-electron chi connectivity index (χ4n) is 1.94. The highest BCUT2D eigenvalue weighted by Gasteiger charge is 2.30. The van der Waals surface area contributed by atoms with Crippen LogP contribution in [0.2, 0.25) is 0 Å². The molecule has 0 saturated heterocycles. The van der Waals surface area contributed by atoms with E-state index in [2.05, 4.69) is 0 Å². The number of methoxy groups -OCH3 is 1. The van der Waals surface area contributed by atoms with Gasteiger partial charge in [0.1, 0.15) is 5.75 Å². The molecule has 4 heteroatoms. The summed E-state index contributed by atoms with van der Waals surface area (Å²) in [6, 6.07) is 11.5. The van der Waals surface area contributed by atoms with E-state index in [1.807, 2.05) is 0 Å². The number of halogens is 2. The minimum Gasteiger partial charge on any atom is -0.497 e. The van der Waals surface area contributed by atoms with Gasteiger partial charge in [0.2, 0.25) is 0 Å². The second kappa shape index (κ2) is 5.23. The molecule has 0 aromatic heterocycles. The Morgan fingerprint density at radius 1 is 1.16 bits per heavy atom. The van der Waals surface area contributed by atoms with Crippen molar-refractivity contribution < 1.29 is 13.5 Å². The molecule has 0 aliphatic rings. The summed E-state index contributed by atoms with van der Waals surface area (Å²) in [6.07, 6.45) is -0.612. The highest BCUT2D eigenvalue weighted by molar-refractivity contribution is 5.84.